The molecule has 0 heterocycles. The molecule has 0 aromatic heterocycles. The molecule has 0 saturated carbocycles. The Hall–Kier alpha value is -1.49. The second kappa shape index (κ2) is 7.18. The van der Waals surface area contributed by atoms with Crippen molar-refractivity contribution >= 4 is 17.5 Å². The molecule has 0 bridgehead atoms. The van der Waals surface area contributed by atoms with Gasteiger partial charge in [0.25, 0.3) is 0 Å². The first kappa shape index (κ1) is 20.5. The Morgan fingerprint density at radius 3 is 1.77 bits per heavy atom. The lowest BCUT2D eigenvalue weighted by Gasteiger charge is -2.28. The molecule has 22 heavy (non-hydrogen) atoms. The van der Waals surface area contributed by atoms with Crippen molar-refractivity contribution in [3.8, 4) is 0 Å². The minimum absolute atomic E-state index is 0.176. The number of carbonyl (C=O) groups is 3. The van der Waals surface area contributed by atoms with Crippen molar-refractivity contribution in [2.45, 2.75) is 73.2 Å². The third-order valence-electron chi connectivity index (χ3n) is 3.14. The van der Waals surface area contributed by atoms with Crippen LogP contribution >= 0.6 is 0 Å². The molecule has 0 aromatic carbocycles. The molecule has 0 aliphatic rings. The van der Waals surface area contributed by atoms with Crippen LogP contribution in [-0.4, -0.2) is 35.3 Å². The molecule has 5 nitrogen and oxygen atoms in total. The summed E-state index contributed by atoms with van der Waals surface area (Å²) in [6.45, 7) is 16.6. The number of ether oxygens (including phenoxy) is 2. The highest BCUT2D eigenvalue weighted by molar-refractivity contribution is 6.00. The first-order valence-electron chi connectivity index (χ1n) is 7.33. The summed E-state index contributed by atoms with van der Waals surface area (Å²) in [6.07, 6.45) is -1.83. The molecular weight excluding hydrogens is 284 g/mol. The maximum Gasteiger partial charge on any atom is 0.335 e. The molecule has 0 rings (SSSR count). The van der Waals surface area contributed by atoms with Crippen LogP contribution in [-0.2, 0) is 23.9 Å². The molecular formula is C17H28O5. The number of rotatable bonds is 7. The molecule has 0 aliphatic heterocycles. The van der Waals surface area contributed by atoms with Gasteiger partial charge in [0, 0.05) is 5.41 Å². The van der Waals surface area contributed by atoms with E-state index in [1.807, 2.05) is 0 Å². The maximum atomic E-state index is 12.0. The summed E-state index contributed by atoms with van der Waals surface area (Å²) in [5.74, 6) is -1.14. The van der Waals surface area contributed by atoms with E-state index in [4.69, 9.17) is 9.47 Å². The largest absolute Gasteiger partial charge is 0.453 e. The van der Waals surface area contributed by atoms with Gasteiger partial charge in [0.05, 0.1) is 0 Å². The molecule has 0 amide bonds. The molecule has 0 spiro atoms. The predicted molar refractivity (Wildman–Crippen MR) is 84.5 cm³/mol. The van der Waals surface area contributed by atoms with Crippen LogP contribution in [0.15, 0.2) is 12.2 Å². The van der Waals surface area contributed by atoms with Crippen LogP contribution in [0.1, 0.15) is 55.4 Å². The van der Waals surface area contributed by atoms with Gasteiger partial charge in [-0.15, -0.1) is 0 Å². The number of esters is 1. The summed E-state index contributed by atoms with van der Waals surface area (Å²) >= 11 is 0. The van der Waals surface area contributed by atoms with E-state index < -0.39 is 29.2 Å². The smallest absolute Gasteiger partial charge is 0.335 e. The lowest BCUT2D eigenvalue weighted by Crippen LogP contribution is -2.43. The van der Waals surface area contributed by atoms with Crippen molar-refractivity contribution < 1.29 is 23.9 Å². The van der Waals surface area contributed by atoms with Crippen molar-refractivity contribution in [1.29, 1.82) is 0 Å². The average molecular weight is 312 g/mol. The van der Waals surface area contributed by atoms with Crippen LogP contribution in [0.4, 0.5) is 0 Å². The third kappa shape index (κ3) is 5.72. The van der Waals surface area contributed by atoms with Crippen molar-refractivity contribution in [3.05, 3.63) is 12.2 Å². The summed E-state index contributed by atoms with van der Waals surface area (Å²) in [7, 11) is 0. The van der Waals surface area contributed by atoms with Crippen LogP contribution in [0.2, 0.25) is 0 Å². The van der Waals surface area contributed by atoms with Crippen LogP contribution in [0.5, 0.6) is 0 Å². The molecule has 2 unspecified atom stereocenters. The van der Waals surface area contributed by atoms with E-state index in [0.717, 1.165) is 0 Å². The standard InChI is InChI=1S/C17H28O5/c1-10(2)13(18)17(8,9)22-12(4)15(20)21-11(3)14(19)16(5,6)7/h11-12H,1H2,2-9H3. The molecule has 126 valence electrons. The first-order chi connectivity index (χ1) is 9.70. The van der Waals surface area contributed by atoms with E-state index in [-0.39, 0.29) is 11.6 Å². The fraction of sp³-hybridized carbons (Fsp3) is 0.706. The van der Waals surface area contributed by atoms with Gasteiger partial charge in [-0.25, -0.2) is 4.79 Å². The second-order valence-electron chi connectivity index (χ2n) is 7.07. The van der Waals surface area contributed by atoms with Crippen molar-refractivity contribution in [1.82, 2.24) is 0 Å². The Bertz CT molecular complexity index is 468. The van der Waals surface area contributed by atoms with Crippen molar-refractivity contribution in [2.24, 2.45) is 5.41 Å². The number of hydrogen-bond acceptors (Lipinski definition) is 5. The minimum atomic E-state index is -1.18. The van der Waals surface area contributed by atoms with Crippen LogP contribution in [0, 0.1) is 5.41 Å². The van der Waals surface area contributed by atoms with E-state index >= 15 is 0 Å². The van der Waals surface area contributed by atoms with E-state index in [9.17, 15) is 14.4 Å². The van der Waals surface area contributed by atoms with E-state index in [1.54, 1.807) is 41.5 Å². The van der Waals surface area contributed by atoms with Crippen LogP contribution in [0.25, 0.3) is 0 Å². The zero-order valence-corrected chi connectivity index (χ0v) is 14.9. The minimum Gasteiger partial charge on any atom is -0.453 e. The molecule has 0 fully saturated rings. The number of ketones is 2. The van der Waals surface area contributed by atoms with Gasteiger partial charge < -0.3 is 9.47 Å². The molecule has 0 aromatic rings. The van der Waals surface area contributed by atoms with Gasteiger partial charge in [0.1, 0.15) is 5.60 Å². The molecule has 0 aliphatic carbocycles. The summed E-state index contributed by atoms with van der Waals surface area (Å²) in [5, 5.41) is 0. The Kier molecular flexibility index (Phi) is 6.69. The van der Waals surface area contributed by atoms with E-state index in [0.29, 0.717) is 5.57 Å². The summed E-state index contributed by atoms with van der Waals surface area (Å²) in [5.41, 5.74) is -1.43. The third-order valence-corrected chi connectivity index (χ3v) is 3.14. The molecule has 0 N–H and O–H groups in total. The monoisotopic (exact) mass is 312 g/mol. The second-order valence-corrected chi connectivity index (χ2v) is 7.07. The van der Waals surface area contributed by atoms with Crippen molar-refractivity contribution in [2.75, 3.05) is 0 Å². The van der Waals surface area contributed by atoms with Gasteiger partial charge in [-0.1, -0.05) is 27.4 Å². The predicted octanol–water partition coefficient (Wildman–Crippen LogP) is 2.86. The zero-order valence-electron chi connectivity index (χ0n) is 14.9. The van der Waals surface area contributed by atoms with Gasteiger partial charge in [-0.3, -0.25) is 9.59 Å². The van der Waals surface area contributed by atoms with E-state index in [2.05, 4.69) is 6.58 Å². The van der Waals surface area contributed by atoms with Crippen LogP contribution in [0.3, 0.4) is 0 Å². The molecule has 2 atom stereocenters. The van der Waals surface area contributed by atoms with Gasteiger partial charge in [0.15, 0.2) is 23.8 Å². The Labute approximate surface area is 133 Å². The lowest BCUT2D eigenvalue weighted by molar-refractivity contribution is -0.175. The lowest BCUT2D eigenvalue weighted by atomic mass is 9.88. The summed E-state index contributed by atoms with van der Waals surface area (Å²) < 4.78 is 10.6. The first-order valence-corrected chi connectivity index (χ1v) is 7.33. The molecule has 0 saturated heterocycles. The van der Waals surface area contributed by atoms with Gasteiger partial charge in [-0.2, -0.15) is 0 Å². The Balaban J connectivity index is 4.79. The number of carbonyl (C=O) groups excluding carboxylic acids is 3. The van der Waals surface area contributed by atoms with E-state index in [1.165, 1.54) is 13.8 Å². The van der Waals surface area contributed by atoms with Gasteiger partial charge in [-0.05, 0) is 40.2 Å². The topological polar surface area (TPSA) is 69.7 Å². The average Bonchev–Trinajstić information content (AvgIpc) is 2.34. The quantitative estimate of drug-likeness (QED) is 0.534. The number of Topliss-reactive ketones (excluding diaryl/α,β-unsaturated/α-hetero) is 2. The highest BCUT2D eigenvalue weighted by Gasteiger charge is 2.35. The highest BCUT2D eigenvalue weighted by Crippen LogP contribution is 2.21. The normalized spacial score (nSPS) is 14.9. The number of hydrogen-bond donors (Lipinski definition) is 0. The molecule has 0 radical (unpaired) electrons. The van der Waals surface area contributed by atoms with Crippen molar-refractivity contribution in [3.63, 3.8) is 0 Å². The SMILES string of the molecule is C=C(C)C(=O)C(C)(C)OC(C)C(=O)OC(C)C(=O)C(C)(C)C. The summed E-state index contributed by atoms with van der Waals surface area (Å²) in [4.78, 5) is 36.0. The fourth-order valence-electron chi connectivity index (χ4n) is 1.99. The van der Waals surface area contributed by atoms with Crippen LogP contribution < -0.4 is 0 Å². The molecule has 5 heteroatoms. The van der Waals surface area contributed by atoms with Gasteiger partial charge >= 0.3 is 5.97 Å². The fourth-order valence-corrected chi connectivity index (χ4v) is 1.99. The highest BCUT2D eigenvalue weighted by atomic mass is 16.6. The zero-order chi connectivity index (χ0) is 17.9. The van der Waals surface area contributed by atoms with Gasteiger partial charge in [0.2, 0.25) is 0 Å². The Morgan fingerprint density at radius 2 is 1.41 bits per heavy atom. The Morgan fingerprint density at radius 1 is 0.955 bits per heavy atom. The summed E-state index contributed by atoms with van der Waals surface area (Å²) in [6, 6.07) is 0. The maximum absolute atomic E-state index is 12.0.